The lowest BCUT2D eigenvalue weighted by Crippen LogP contribution is -2.17. The van der Waals surface area contributed by atoms with Gasteiger partial charge >= 0.3 is 0 Å². The molecular formula is C11H15BrFNO3. The van der Waals surface area contributed by atoms with Crippen LogP contribution in [0.2, 0.25) is 0 Å². The molecule has 0 aliphatic carbocycles. The number of aliphatic hydroxyl groups is 1. The van der Waals surface area contributed by atoms with E-state index in [2.05, 4.69) is 21.2 Å². The van der Waals surface area contributed by atoms with Gasteiger partial charge in [-0.25, -0.2) is 0 Å². The summed E-state index contributed by atoms with van der Waals surface area (Å²) in [5.74, 6) is -0.579. The molecule has 0 aliphatic rings. The number of halogens is 2. The average Bonchev–Trinajstić information content (AvgIpc) is 2.29. The smallest absolute Gasteiger partial charge is 0.208 e. The summed E-state index contributed by atoms with van der Waals surface area (Å²) in [7, 11) is 4.41. The van der Waals surface area contributed by atoms with Crippen LogP contribution in [0, 0.1) is 5.82 Å². The van der Waals surface area contributed by atoms with Gasteiger partial charge in [0.25, 0.3) is 0 Å². The van der Waals surface area contributed by atoms with Crippen molar-refractivity contribution in [2.45, 2.75) is 6.10 Å². The molecule has 0 aliphatic heterocycles. The van der Waals surface area contributed by atoms with Gasteiger partial charge in [-0.3, -0.25) is 0 Å². The highest BCUT2D eigenvalue weighted by Gasteiger charge is 2.22. The minimum absolute atomic E-state index is 0.00667. The Hall–Kier alpha value is -0.850. The van der Waals surface area contributed by atoms with Crippen LogP contribution in [0.5, 0.6) is 11.5 Å². The fraction of sp³-hybridized carbons (Fsp3) is 0.455. The van der Waals surface area contributed by atoms with Crippen molar-refractivity contribution < 1.29 is 19.0 Å². The number of benzene rings is 1. The first-order valence-corrected chi connectivity index (χ1v) is 5.78. The molecule has 1 unspecified atom stereocenters. The molecule has 1 aromatic carbocycles. The molecule has 4 nitrogen and oxygen atoms in total. The number of hydrogen-bond donors (Lipinski definition) is 2. The molecule has 0 amide bonds. The van der Waals surface area contributed by atoms with E-state index in [1.807, 2.05) is 0 Å². The lowest BCUT2D eigenvalue weighted by atomic mass is 10.1. The van der Waals surface area contributed by atoms with E-state index in [1.54, 1.807) is 13.1 Å². The standard InChI is InChI=1S/C11H15BrFNO3/c1-14-5-8(15)6-4-7(12)11(17-3)9(13)10(6)16-2/h4,8,14-15H,5H2,1-3H3. The third-order valence-corrected chi connectivity index (χ3v) is 2.91. The van der Waals surface area contributed by atoms with Crippen LogP contribution in [-0.4, -0.2) is 32.9 Å². The molecule has 0 radical (unpaired) electrons. The predicted octanol–water partition coefficient (Wildman–Crippen LogP) is 1.86. The van der Waals surface area contributed by atoms with E-state index in [4.69, 9.17) is 9.47 Å². The van der Waals surface area contributed by atoms with Gasteiger partial charge in [-0.05, 0) is 29.0 Å². The van der Waals surface area contributed by atoms with Crippen molar-refractivity contribution in [2.75, 3.05) is 27.8 Å². The molecule has 2 N–H and O–H groups in total. The Kier molecular flexibility index (Phi) is 5.17. The maximum absolute atomic E-state index is 14.0. The van der Waals surface area contributed by atoms with Gasteiger partial charge in [-0.1, -0.05) is 0 Å². The van der Waals surface area contributed by atoms with Crippen LogP contribution in [0.1, 0.15) is 11.7 Å². The number of methoxy groups -OCH3 is 2. The Morgan fingerprint density at radius 2 is 2.00 bits per heavy atom. The van der Waals surface area contributed by atoms with Crippen LogP contribution in [0.3, 0.4) is 0 Å². The van der Waals surface area contributed by atoms with Crippen LogP contribution < -0.4 is 14.8 Å². The third kappa shape index (κ3) is 2.88. The third-order valence-electron chi connectivity index (χ3n) is 2.32. The highest BCUT2D eigenvalue weighted by atomic mass is 79.9. The number of rotatable bonds is 5. The quantitative estimate of drug-likeness (QED) is 0.872. The summed E-state index contributed by atoms with van der Waals surface area (Å²) in [5, 5.41) is 12.7. The van der Waals surface area contributed by atoms with Crippen molar-refractivity contribution in [2.24, 2.45) is 0 Å². The molecule has 1 atom stereocenters. The first-order valence-electron chi connectivity index (χ1n) is 4.99. The van der Waals surface area contributed by atoms with Crippen LogP contribution in [-0.2, 0) is 0 Å². The van der Waals surface area contributed by atoms with Gasteiger partial charge in [0.2, 0.25) is 5.82 Å². The van der Waals surface area contributed by atoms with E-state index in [0.29, 0.717) is 16.6 Å². The number of aliphatic hydroxyl groups excluding tert-OH is 1. The summed E-state index contributed by atoms with van der Waals surface area (Å²) in [6.07, 6.45) is -0.855. The van der Waals surface area contributed by atoms with Crippen LogP contribution in [0.15, 0.2) is 10.5 Å². The van der Waals surface area contributed by atoms with Crippen LogP contribution in [0.4, 0.5) is 4.39 Å². The van der Waals surface area contributed by atoms with Crippen molar-refractivity contribution in [3.8, 4) is 11.5 Å². The van der Waals surface area contributed by atoms with E-state index < -0.39 is 11.9 Å². The molecule has 0 heterocycles. The maximum atomic E-state index is 14.0. The number of nitrogens with one attached hydrogen (secondary N) is 1. The Morgan fingerprint density at radius 1 is 1.41 bits per heavy atom. The minimum atomic E-state index is -0.855. The minimum Gasteiger partial charge on any atom is -0.493 e. The molecule has 0 fully saturated rings. The van der Waals surface area contributed by atoms with Crippen molar-refractivity contribution in [3.63, 3.8) is 0 Å². The summed E-state index contributed by atoms with van der Waals surface area (Å²) in [5.41, 5.74) is 0.368. The molecule has 1 aromatic rings. The summed E-state index contributed by atoms with van der Waals surface area (Å²) in [6.45, 7) is 0.300. The predicted molar refractivity (Wildman–Crippen MR) is 66.1 cm³/mol. The normalized spacial score (nSPS) is 12.4. The number of likely N-dealkylation sites (N-methyl/N-ethyl adjacent to an activating group) is 1. The van der Waals surface area contributed by atoms with Gasteiger partial charge in [0, 0.05) is 12.1 Å². The Labute approximate surface area is 108 Å². The fourth-order valence-electron chi connectivity index (χ4n) is 1.55. The second-order valence-electron chi connectivity index (χ2n) is 3.40. The molecule has 1 rings (SSSR count). The van der Waals surface area contributed by atoms with E-state index in [0.717, 1.165) is 0 Å². The lowest BCUT2D eigenvalue weighted by Gasteiger charge is -2.17. The molecule has 0 bridgehead atoms. The molecule has 17 heavy (non-hydrogen) atoms. The summed E-state index contributed by atoms with van der Waals surface area (Å²) < 4.78 is 24.3. The monoisotopic (exact) mass is 307 g/mol. The summed E-state index contributed by atoms with van der Waals surface area (Å²) >= 11 is 3.19. The fourth-order valence-corrected chi connectivity index (χ4v) is 2.13. The molecule has 0 spiro atoms. The largest absolute Gasteiger partial charge is 0.493 e. The van der Waals surface area contributed by atoms with Gasteiger partial charge in [0.15, 0.2) is 11.5 Å². The topological polar surface area (TPSA) is 50.7 Å². The molecule has 0 saturated carbocycles. The van der Waals surface area contributed by atoms with E-state index in [-0.39, 0.29) is 11.5 Å². The number of hydrogen-bond acceptors (Lipinski definition) is 4. The SMILES string of the molecule is CNCC(O)c1cc(Br)c(OC)c(F)c1OC. The molecule has 96 valence electrons. The lowest BCUT2D eigenvalue weighted by molar-refractivity contribution is 0.171. The zero-order valence-electron chi connectivity index (χ0n) is 9.88. The second kappa shape index (κ2) is 6.18. The van der Waals surface area contributed by atoms with Crippen molar-refractivity contribution >= 4 is 15.9 Å². The average molecular weight is 308 g/mol. The maximum Gasteiger partial charge on any atom is 0.208 e. The van der Waals surface area contributed by atoms with Crippen LogP contribution in [0.25, 0.3) is 0 Å². The van der Waals surface area contributed by atoms with Crippen LogP contribution >= 0.6 is 15.9 Å². The second-order valence-corrected chi connectivity index (χ2v) is 4.26. The van der Waals surface area contributed by atoms with E-state index in [9.17, 15) is 9.50 Å². The Morgan fingerprint density at radius 3 is 2.47 bits per heavy atom. The molecular weight excluding hydrogens is 293 g/mol. The molecule has 0 aromatic heterocycles. The van der Waals surface area contributed by atoms with Gasteiger partial charge in [-0.2, -0.15) is 4.39 Å². The van der Waals surface area contributed by atoms with Gasteiger partial charge in [0.05, 0.1) is 24.8 Å². The van der Waals surface area contributed by atoms with Crippen molar-refractivity contribution in [1.82, 2.24) is 5.32 Å². The van der Waals surface area contributed by atoms with Gasteiger partial charge in [-0.15, -0.1) is 0 Å². The summed E-state index contributed by atoms with van der Waals surface area (Å²) in [4.78, 5) is 0. The van der Waals surface area contributed by atoms with Crippen molar-refractivity contribution in [1.29, 1.82) is 0 Å². The zero-order valence-corrected chi connectivity index (χ0v) is 11.5. The van der Waals surface area contributed by atoms with E-state index in [1.165, 1.54) is 14.2 Å². The van der Waals surface area contributed by atoms with Gasteiger partial charge in [0.1, 0.15) is 0 Å². The highest BCUT2D eigenvalue weighted by molar-refractivity contribution is 9.10. The Balaban J connectivity index is 3.31. The highest BCUT2D eigenvalue weighted by Crippen LogP contribution is 2.39. The Bertz CT molecular complexity index is 401. The molecule has 6 heteroatoms. The zero-order chi connectivity index (χ0) is 13.0. The van der Waals surface area contributed by atoms with Crippen molar-refractivity contribution in [3.05, 3.63) is 21.9 Å². The summed E-state index contributed by atoms with van der Waals surface area (Å²) in [6, 6.07) is 1.59. The first-order chi connectivity index (χ1) is 8.06. The van der Waals surface area contributed by atoms with Gasteiger partial charge < -0.3 is 19.9 Å². The first kappa shape index (κ1) is 14.2. The molecule has 0 saturated heterocycles. The number of ether oxygens (including phenoxy) is 2. The van der Waals surface area contributed by atoms with E-state index >= 15 is 0 Å².